The fraction of sp³-hybridized carbons (Fsp3) is 0.889. The van der Waals surface area contributed by atoms with Crippen molar-refractivity contribution >= 4 is 16.9 Å². The van der Waals surface area contributed by atoms with E-state index in [-0.39, 0.29) is 11.6 Å². The number of fused-ring (bicyclic) bond motifs is 1. The fourth-order valence-corrected chi connectivity index (χ4v) is 2.56. The highest BCUT2D eigenvalue weighted by atomic mass is 32.2. The fourth-order valence-electron chi connectivity index (χ4n) is 2.10. The number of rotatable bonds is 0. The highest BCUT2D eigenvalue weighted by molar-refractivity contribution is 8.13. The molecule has 98 valence electrons. The molecule has 0 amide bonds. The summed E-state index contributed by atoms with van der Waals surface area (Å²) in [6, 6.07) is 0. The van der Waals surface area contributed by atoms with Crippen molar-refractivity contribution < 1.29 is 23.0 Å². The number of ether oxygens (including phenoxy) is 1. The van der Waals surface area contributed by atoms with Crippen molar-refractivity contribution in [3.05, 3.63) is 0 Å². The van der Waals surface area contributed by atoms with Gasteiger partial charge in [0.1, 0.15) is 0 Å². The molecule has 0 saturated carbocycles. The van der Waals surface area contributed by atoms with Gasteiger partial charge in [0.25, 0.3) is 0 Å². The van der Waals surface area contributed by atoms with E-state index in [0.29, 0.717) is 13.0 Å². The van der Waals surface area contributed by atoms with Crippen LogP contribution in [0.25, 0.3) is 0 Å². The van der Waals surface area contributed by atoms with Gasteiger partial charge in [0.05, 0.1) is 5.92 Å². The van der Waals surface area contributed by atoms with Gasteiger partial charge in [0, 0.05) is 6.61 Å². The SMILES string of the molecule is CSC1=N[C@H]2OCCC[C@@H]2C(O)(C(F)(F)F)N1. The van der Waals surface area contributed by atoms with Gasteiger partial charge in [0.15, 0.2) is 11.4 Å². The van der Waals surface area contributed by atoms with Gasteiger partial charge in [0.2, 0.25) is 5.72 Å². The molecule has 1 fully saturated rings. The molecule has 0 aromatic carbocycles. The van der Waals surface area contributed by atoms with E-state index in [9.17, 15) is 18.3 Å². The summed E-state index contributed by atoms with van der Waals surface area (Å²) in [5, 5.41) is 12.0. The first kappa shape index (κ1) is 13.0. The zero-order valence-electron chi connectivity index (χ0n) is 9.12. The number of aliphatic hydroxyl groups is 1. The molecule has 0 aliphatic carbocycles. The second-order valence-electron chi connectivity index (χ2n) is 4.04. The van der Waals surface area contributed by atoms with Crippen LogP contribution in [0.2, 0.25) is 0 Å². The van der Waals surface area contributed by atoms with Crippen molar-refractivity contribution in [1.29, 1.82) is 0 Å². The monoisotopic (exact) mass is 270 g/mol. The van der Waals surface area contributed by atoms with Gasteiger partial charge in [-0.25, -0.2) is 4.99 Å². The smallest absolute Gasteiger partial charge is 0.363 e. The Labute approximate surface area is 101 Å². The van der Waals surface area contributed by atoms with Crippen LogP contribution in [0.5, 0.6) is 0 Å². The average molecular weight is 270 g/mol. The lowest BCUT2D eigenvalue weighted by atomic mass is 9.86. The molecule has 8 heteroatoms. The molecule has 1 saturated heterocycles. The van der Waals surface area contributed by atoms with Gasteiger partial charge in [-0.3, -0.25) is 0 Å². The van der Waals surface area contributed by atoms with Gasteiger partial charge in [-0.1, -0.05) is 11.8 Å². The van der Waals surface area contributed by atoms with E-state index in [1.165, 1.54) is 0 Å². The zero-order chi connectivity index (χ0) is 12.7. The van der Waals surface area contributed by atoms with Gasteiger partial charge in [-0.2, -0.15) is 13.2 Å². The molecule has 2 heterocycles. The van der Waals surface area contributed by atoms with E-state index >= 15 is 0 Å². The summed E-state index contributed by atoms with van der Waals surface area (Å²) in [6.07, 6.45) is -3.36. The molecule has 0 radical (unpaired) electrons. The van der Waals surface area contributed by atoms with Crippen LogP contribution < -0.4 is 5.32 Å². The molecular formula is C9H13F3N2O2S. The summed E-state index contributed by atoms with van der Waals surface area (Å²) in [5.74, 6) is -1.09. The second kappa shape index (κ2) is 4.33. The van der Waals surface area contributed by atoms with Crippen LogP contribution in [-0.2, 0) is 4.74 Å². The maximum Gasteiger partial charge on any atom is 0.436 e. The summed E-state index contributed by atoms with van der Waals surface area (Å²) in [6.45, 7) is 0.375. The third kappa shape index (κ3) is 2.13. The van der Waals surface area contributed by atoms with Gasteiger partial charge in [-0.05, 0) is 19.1 Å². The molecule has 0 bridgehead atoms. The molecule has 2 rings (SSSR count). The third-order valence-electron chi connectivity index (χ3n) is 3.00. The van der Waals surface area contributed by atoms with E-state index < -0.39 is 24.0 Å². The lowest BCUT2D eigenvalue weighted by Crippen LogP contribution is -2.68. The van der Waals surface area contributed by atoms with Crippen molar-refractivity contribution in [3.8, 4) is 0 Å². The summed E-state index contributed by atoms with van der Waals surface area (Å²) in [4.78, 5) is 4.02. The Hall–Kier alpha value is -0.470. The quantitative estimate of drug-likeness (QED) is 0.697. The van der Waals surface area contributed by atoms with E-state index in [2.05, 4.69) is 10.3 Å². The average Bonchev–Trinajstić information content (AvgIpc) is 2.27. The molecule has 2 aliphatic heterocycles. The standard InChI is InChI=1S/C9H13F3N2O2S/c1-17-7-13-6-5(3-2-4-16-6)8(15,14-7)9(10,11)12/h5-6,15H,2-4H2,1H3,(H,13,14)/t5-,6-,8?/m0/s1. The largest absolute Gasteiger partial charge is 0.436 e. The minimum Gasteiger partial charge on any atom is -0.363 e. The van der Waals surface area contributed by atoms with Crippen molar-refractivity contribution in [2.75, 3.05) is 12.9 Å². The number of nitrogens with zero attached hydrogens (tertiary/aromatic N) is 1. The highest BCUT2D eigenvalue weighted by Gasteiger charge is 2.63. The van der Waals surface area contributed by atoms with Crippen molar-refractivity contribution in [1.82, 2.24) is 5.32 Å². The van der Waals surface area contributed by atoms with Crippen LogP contribution in [0.3, 0.4) is 0 Å². The molecule has 17 heavy (non-hydrogen) atoms. The van der Waals surface area contributed by atoms with Crippen molar-refractivity contribution in [2.24, 2.45) is 10.9 Å². The minimum absolute atomic E-state index is 0.0491. The molecule has 0 spiro atoms. The summed E-state index contributed by atoms with van der Waals surface area (Å²) in [5.41, 5.74) is -2.95. The third-order valence-corrected chi connectivity index (χ3v) is 3.59. The molecular weight excluding hydrogens is 257 g/mol. The molecule has 2 aliphatic rings. The topological polar surface area (TPSA) is 53.9 Å². The predicted molar refractivity (Wildman–Crippen MR) is 57.6 cm³/mol. The number of hydrogen-bond donors (Lipinski definition) is 2. The van der Waals surface area contributed by atoms with Crippen LogP contribution in [0.15, 0.2) is 4.99 Å². The van der Waals surface area contributed by atoms with Gasteiger partial charge in [-0.15, -0.1) is 0 Å². The number of nitrogens with one attached hydrogen (secondary N) is 1. The first-order valence-electron chi connectivity index (χ1n) is 5.19. The number of thioether (sulfide) groups is 1. The van der Waals surface area contributed by atoms with E-state index in [1.54, 1.807) is 6.26 Å². The predicted octanol–water partition coefficient (Wildman–Crippen LogP) is 1.31. The Morgan fingerprint density at radius 3 is 2.88 bits per heavy atom. The van der Waals surface area contributed by atoms with Crippen LogP contribution in [0, 0.1) is 5.92 Å². The molecule has 0 aromatic heterocycles. The van der Waals surface area contributed by atoms with Gasteiger partial charge < -0.3 is 15.2 Å². The number of aliphatic imine (C=N–C) groups is 1. The lowest BCUT2D eigenvalue weighted by Gasteiger charge is -2.45. The van der Waals surface area contributed by atoms with Crippen LogP contribution in [0.4, 0.5) is 13.2 Å². The maximum atomic E-state index is 13.0. The Morgan fingerprint density at radius 1 is 1.59 bits per heavy atom. The normalized spacial score (nSPS) is 38.1. The minimum atomic E-state index is -4.76. The first-order chi connectivity index (χ1) is 7.88. The van der Waals surface area contributed by atoms with E-state index in [1.807, 2.05) is 0 Å². The Bertz CT molecular complexity index is 337. The van der Waals surface area contributed by atoms with Crippen LogP contribution >= 0.6 is 11.8 Å². The number of alkyl halides is 3. The van der Waals surface area contributed by atoms with E-state index in [0.717, 1.165) is 11.8 Å². The maximum absolute atomic E-state index is 13.0. The molecule has 3 atom stereocenters. The van der Waals surface area contributed by atoms with Crippen molar-refractivity contribution in [2.45, 2.75) is 31.0 Å². The van der Waals surface area contributed by atoms with Gasteiger partial charge >= 0.3 is 6.18 Å². The highest BCUT2D eigenvalue weighted by Crippen LogP contribution is 2.43. The molecule has 0 aromatic rings. The molecule has 2 N–H and O–H groups in total. The Balaban J connectivity index is 2.35. The lowest BCUT2D eigenvalue weighted by molar-refractivity contribution is -0.305. The second-order valence-corrected chi connectivity index (χ2v) is 4.83. The zero-order valence-corrected chi connectivity index (χ0v) is 9.94. The number of amidine groups is 1. The van der Waals surface area contributed by atoms with E-state index in [4.69, 9.17) is 4.74 Å². The summed E-state index contributed by atoms with van der Waals surface area (Å²) < 4.78 is 44.1. The van der Waals surface area contributed by atoms with Crippen LogP contribution in [-0.4, -0.2) is 41.3 Å². The molecule has 1 unspecified atom stereocenters. The number of halogens is 3. The first-order valence-corrected chi connectivity index (χ1v) is 6.41. The molecule has 4 nitrogen and oxygen atoms in total. The Kier molecular flexibility index (Phi) is 3.30. The van der Waals surface area contributed by atoms with Crippen molar-refractivity contribution in [3.63, 3.8) is 0 Å². The number of hydrogen-bond acceptors (Lipinski definition) is 5. The summed E-state index contributed by atoms with van der Waals surface area (Å²) >= 11 is 1.02. The Morgan fingerprint density at radius 2 is 2.29 bits per heavy atom. The summed E-state index contributed by atoms with van der Waals surface area (Å²) in [7, 11) is 0. The van der Waals surface area contributed by atoms with Crippen LogP contribution in [0.1, 0.15) is 12.8 Å².